The van der Waals surface area contributed by atoms with Crippen LogP contribution in [-0.2, 0) is 9.53 Å². The second-order valence-corrected chi connectivity index (χ2v) is 6.08. The van der Waals surface area contributed by atoms with E-state index in [1.54, 1.807) is 0 Å². The molecule has 1 unspecified atom stereocenters. The number of carbonyl (C=O) groups is 2. The molecule has 7 heteroatoms. The normalized spacial score (nSPS) is 22.5. The summed E-state index contributed by atoms with van der Waals surface area (Å²) in [5.41, 5.74) is 1.14. The van der Waals surface area contributed by atoms with Crippen LogP contribution in [0.15, 0.2) is 18.2 Å². The first-order valence-corrected chi connectivity index (χ1v) is 8.29. The number of quaternary nitrogens is 1. The number of amides is 2. The van der Waals surface area contributed by atoms with Gasteiger partial charge in [-0.3, -0.25) is 10.1 Å². The largest absolute Gasteiger partial charge is 0.490 e. The number of likely N-dealkylation sites (tertiary alicyclic amines) is 1. The fourth-order valence-corrected chi connectivity index (χ4v) is 3.34. The van der Waals surface area contributed by atoms with Crippen molar-refractivity contribution in [2.24, 2.45) is 0 Å². The monoisotopic (exact) mass is 335 g/mol. The molecule has 1 saturated heterocycles. The lowest BCUT2D eigenvalue weighted by Gasteiger charge is -2.22. The Kier molecular flexibility index (Phi) is 5.20. The van der Waals surface area contributed by atoms with Gasteiger partial charge in [0.15, 0.2) is 18.0 Å². The Labute approximate surface area is 140 Å². The van der Waals surface area contributed by atoms with Crippen molar-refractivity contribution in [2.45, 2.75) is 25.3 Å². The number of carbonyl (C=O) groups excluding carboxylic acids is 2. The van der Waals surface area contributed by atoms with Gasteiger partial charge in [0.2, 0.25) is 0 Å². The highest BCUT2D eigenvalue weighted by atomic mass is 16.5. The van der Waals surface area contributed by atoms with Crippen molar-refractivity contribution in [3.8, 4) is 11.5 Å². The number of nitrogens with one attached hydrogen (secondary N) is 2. The van der Waals surface area contributed by atoms with Crippen molar-refractivity contribution in [3.63, 3.8) is 0 Å². The molecule has 2 aliphatic rings. The van der Waals surface area contributed by atoms with Crippen LogP contribution in [0.2, 0.25) is 0 Å². The number of fused-ring (bicyclic) bond motifs is 1. The minimum absolute atomic E-state index is 0.213. The number of hydrogen-bond donors (Lipinski definition) is 2. The van der Waals surface area contributed by atoms with Crippen LogP contribution in [0.1, 0.15) is 30.9 Å². The average molecular weight is 335 g/mol. The molecule has 2 N–H and O–H groups in total. The third kappa shape index (κ3) is 3.79. The van der Waals surface area contributed by atoms with Crippen molar-refractivity contribution in [1.29, 1.82) is 0 Å². The number of imide groups is 1. The highest BCUT2D eigenvalue weighted by Crippen LogP contribution is 2.33. The van der Waals surface area contributed by atoms with Crippen LogP contribution < -0.4 is 19.7 Å². The minimum Gasteiger partial charge on any atom is -0.490 e. The summed E-state index contributed by atoms with van der Waals surface area (Å²) in [6.45, 7) is 2.46. The van der Waals surface area contributed by atoms with Gasteiger partial charge in [0.1, 0.15) is 6.04 Å². The fourth-order valence-electron chi connectivity index (χ4n) is 3.34. The first-order chi connectivity index (χ1) is 11.7. The lowest BCUT2D eigenvalue weighted by Crippen LogP contribution is -3.11. The van der Waals surface area contributed by atoms with Gasteiger partial charge in [-0.05, 0) is 18.2 Å². The third-order valence-corrected chi connectivity index (χ3v) is 4.47. The minimum atomic E-state index is -0.717. The summed E-state index contributed by atoms with van der Waals surface area (Å²) >= 11 is 0. The van der Waals surface area contributed by atoms with Gasteiger partial charge >= 0.3 is 6.09 Å². The Morgan fingerprint density at radius 1 is 1.25 bits per heavy atom. The Morgan fingerprint density at radius 3 is 2.83 bits per heavy atom. The van der Waals surface area contributed by atoms with Gasteiger partial charge in [-0.25, -0.2) is 4.79 Å². The molecule has 3 rings (SSSR count). The van der Waals surface area contributed by atoms with Crippen LogP contribution in [0.4, 0.5) is 4.79 Å². The summed E-state index contributed by atoms with van der Waals surface area (Å²) < 4.78 is 15.9. The molecule has 0 radical (unpaired) electrons. The maximum absolute atomic E-state index is 11.9. The van der Waals surface area contributed by atoms with Gasteiger partial charge < -0.3 is 19.1 Å². The molecule has 7 nitrogen and oxygen atoms in total. The van der Waals surface area contributed by atoms with Crippen molar-refractivity contribution in [3.05, 3.63) is 23.8 Å². The van der Waals surface area contributed by atoms with E-state index >= 15 is 0 Å². The number of ether oxygens (including phenoxy) is 3. The molecule has 2 amide bonds. The second-order valence-electron chi connectivity index (χ2n) is 6.08. The van der Waals surface area contributed by atoms with Gasteiger partial charge in [-0.2, -0.15) is 0 Å². The van der Waals surface area contributed by atoms with Crippen molar-refractivity contribution < 1.29 is 28.7 Å². The molecule has 2 aliphatic heterocycles. The van der Waals surface area contributed by atoms with E-state index in [4.69, 9.17) is 9.47 Å². The SMILES string of the molecule is COC(=O)NC(=O)C[NH+]1CCC[C@H]1c1ccc2c(c1)OCCCO2. The molecule has 0 aromatic heterocycles. The van der Waals surface area contributed by atoms with Crippen molar-refractivity contribution >= 4 is 12.0 Å². The number of methoxy groups -OCH3 is 1. The molecular weight excluding hydrogens is 312 g/mol. The number of alkyl carbamates (subject to hydrolysis) is 1. The zero-order valence-electron chi connectivity index (χ0n) is 13.8. The quantitative estimate of drug-likeness (QED) is 0.839. The summed E-state index contributed by atoms with van der Waals surface area (Å²) in [5.74, 6) is 1.23. The van der Waals surface area contributed by atoms with Crippen LogP contribution in [0.5, 0.6) is 11.5 Å². The van der Waals surface area contributed by atoms with Crippen molar-refractivity contribution in [2.75, 3.05) is 33.4 Å². The Morgan fingerprint density at radius 2 is 2.04 bits per heavy atom. The van der Waals surface area contributed by atoms with E-state index in [1.165, 1.54) is 7.11 Å². The van der Waals surface area contributed by atoms with E-state index < -0.39 is 6.09 Å². The van der Waals surface area contributed by atoms with Crippen LogP contribution in [0.3, 0.4) is 0 Å². The lowest BCUT2D eigenvalue weighted by molar-refractivity contribution is -0.910. The van der Waals surface area contributed by atoms with Gasteiger partial charge in [0, 0.05) is 24.8 Å². The highest BCUT2D eigenvalue weighted by molar-refractivity contribution is 5.92. The summed E-state index contributed by atoms with van der Waals surface area (Å²) in [4.78, 5) is 24.2. The van der Waals surface area contributed by atoms with Gasteiger partial charge in [0.05, 0.1) is 26.9 Å². The van der Waals surface area contributed by atoms with Crippen LogP contribution in [0, 0.1) is 0 Å². The Balaban J connectivity index is 1.70. The standard InChI is InChI=1S/C17H22N2O5/c1-22-17(21)18-16(20)11-19-7-2-4-13(19)12-5-6-14-15(10-12)24-9-3-8-23-14/h5-6,10,13H,2-4,7-9,11H2,1H3,(H,18,20,21)/p+1/t13-/m0/s1. The zero-order chi connectivity index (χ0) is 16.9. The summed E-state index contributed by atoms with van der Waals surface area (Å²) in [6.07, 6.45) is 2.20. The molecule has 2 heterocycles. The topological polar surface area (TPSA) is 78.3 Å². The summed E-state index contributed by atoms with van der Waals surface area (Å²) in [7, 11) is 1.24. The summed E-state index contributed by atoms with van der Waals surface area (Å²) in [5, 5.41) is 2.22. The van der Waals surface area contributed by atoms with E-state index in [1.807, 2.05) is 18.2 Å². The van der Waals surface area contributed by atoms with E-state index in [0.717, 1.165) is 47.8 Å². The van der Waals surface area contributed by atoms with Crippen LogP contribution >= 0.6 is 0 Å². The predicted octanol–water partition coefficient (Wildman–Crippen LogP) is 0.450. The van der Waals surface area contributed by atoms with E-state index in [-0.39, 0.29) is 18.5 Å². The second kappa shape index (κ2) is 7.53. The third-order valence-electron chi connectivity index (χ3n) is 4.47. The molecule has 24 heavy (non-hydrogen) atoms. The summed E-state index contributed by atoms with van der Waals surface area (Å²) in [6, 6.07) is 6.22. The van der Waals surface area contributed by atoms with Gasteiger partial charge in [-0.1, -0.05) is 0 Å². The smallest absolute Gasteiger partial charge is 0.413 e. The van der Waals surface area contributed by atoms with Crippen molar-refractivity contribution in [1.82, 2.24) is 5.32 Å². The van der Waals surface area contributed by atoms with Crippen LogP contribution in [0.25, 0.3) is 0 Å². The number of rotatable bonds is 3. The van der Waals surface area contributed by atoms with Crippen LogP contribution in [-0.4, -0.2) is 45.4 Å². The van der Waals surface area contributed by atoms with E-state index in [9.17, 15) is 9.59 Å². The number of benzene rings is 1. The highest BCUT2D eigenvalue weighted by Gasteiger charge is 2.32. The van der Waals surface area contributed by atoms with E-state index in [0.29, 0.717) is 13.2 Å². The van der Waals surface area contributed by atoms with Gasteiger partial charge in [0.25, 0.3) is 5.91 Å². The van der Waals surface area contributed by atoms with E-state index in [2.05, 4.69) is 10.1 Å². The molecule has 130 valence electrons. The maximum atomic E-state index is 11.9. The fraction of sp³-hybridized carbons (Fsp3) is 0.529. The molecule has 0 aliphatic carbocycles. The lowest BCUT2D eigenvalue weighted by atomic mass is 10.0. The Hall–Kier alpha value is -2.28. The first-order valence-electron chi connectivity index (χ1n) is 8.29. The maximum Gasteiger partial charge on any atom is 0.413 e. The molecule has 0 spiro atoms. The molecule has 1 fully saturated rings. The Bertz CT molecular complexity index is 619. The molecular formula is C17H23N2O5+. The average Bonchev–Trinajstić information content (AvgIpc) is 2.90. The van der Waals surface area contributed by atoms with Gasteiger partial charge in [-0.15, -0.1) is 0 Å². The molecule has 1 aromatic rings. The predicted molar refractivity (Wildman–Crippen MR) is 85.3 cm³/mol. The first kappa shape index (κ1) is 16.6. The number of hydrogen-bond acceptors (Lipinski definition) is 5. The zero-order valence-corrected chi connectivity index (χ0v) is 13.8. The molecule has 1 aromatic carbocycles. The molecule has 2 atom stereocenters. The molecule has 0 saturated carbocycles. The molecule has 0 bridgehead atoms.